The lowest BCUT2D eigenvalue weighted by molar-refractivity contribution is 0.790. The molecule has 0 fully saturated rings. The van der Waals surface area contributed by atoms with Crippen molar-refractivity contribution in [1.82, 2.24) is 14.5 Å². The number of para-hydroxylation sites is 1. The van der Waals surface area contributed by atoms with Gasteiger partial charge in [-0.25, -0.2) is 14.5 Å². The summed E-state index contributed by atoms with van der Waals surface area (Å²) >= 11 is 1.52. The first-order valence-corrected chi connectivity index (χ1v) is 10.0. The SMILES string of the molecule is Cc1cccnc1-n1c(SC/C=C/c2ccccc2)nc2ccccc2c1=O. The van der Waals surface area contributed by atoms with E-state index >= 15 is 0 Å². The van der Waals surface area contributed by atoms with Gasteiger partial charge in [0.15, 0.2) is 5.16 Å². The van der Waals surface area contributed by atoms with Gasteiger partial charge in [0.1, 0.15) is 5.82 Å². The maximum absolute atomic E-state index is 13.2. The monoisotopic (exact) mass is 385 g/mol. The summed E-state index contributed by atoms with van der Waals surface area (Å²) in [5, 5.41) is 1.24. The zero-order valence-electron chi connectivity index (χ0n) is 15.4. The lowest BCUT2D eigenvalue weighted by Gasteiger charge is -2.13. The van der Waals surface area contributed by atoms with E-state index in [1.165, 1.54) is 11.8 Å². The Hall–Kier alpha value is -3.18. The Morgan fingerprint density at radius 3 is 2.61 bits per heavy atom. The molecule has 4 rings (SSSR count). The van der Waals surface area contributed by atoms with Gasteiger partial charge in [-0.15, -0.1) is 0 Å². The highest BCUT2D eigenvalue weighted by Crippen LogP contribution is 2.22. The number of hydrogen-bond acceptors (Lipinski definition) is 4. The van der Waals surface area contributed by atoms with Crippen molar-refractivity contribution in [2.24, 2.45) is 0 Å². The predicted molar refractivity (Wildman–Crippen MR) is 116 cm³/mol. The topological polar surface area (TPSA) is 47.8 Å². The normalized spacial score (nSPS) is 11.3. The summed E-state index contributed by atoms with van der Waals surface area (Å²) < 4.78 is 1.62. The van der Waals surface area contributed by atoms with Crippen LogP contribution < -0.4 is 5.56 Å². The highest BCUT2D eigenvalue weighted by atomic mass is 32.2. The van der Waals surface area contributed by atoms with Gasteiger partial charge in [-0.3, -0.25) is 4.79 Å². The van der Waals surface area contributed by atoms with Crippen molar-refractivity contribution < 1.29 is 0 Å². The molecule has 0 aliphatic heterocycles. The molecule has 0 aliphatic carbocycles. The van der Waals surface area contributed by atoms with Gasteiger partial charge in [0, 0.05) is 11.9 Å². The third-order valence-corrected chi connectivity index (χ3v) is 5.25. The molecule has 0 atom stereocenters. The van der Waals surface area contributed by atoms with E-state index in [9.17, 15) is 4.79 Å². The third kappa shape index (κ3) is 3.75. The van der Waals surface area contributed by atoms with Crippen LogP contribution in [-0.4, -0.2) is 20.3 Å². The predicted octanol–water partition coefficient (Wildman–Crippen LogP) is 4.89. The maximum Gasteiger partial charge on any atom is 0.267 e. The van der Waals surface area contributed by atoms with Gasteiger partial charge < -0.3 is 0 Å². The fourth-order valence-corrected chi connectivity index (χ4v) is 3.78. The molecule has 0 amide bonds. The van der Waals surface area contributed by atoms with Crippen molar-refractivity contribution in [3.8, 4) is 5.82 Å². The molecule has 0 N–H and O–H groups in total. The Kier molecular flexibility index (Phi) is 5.35. The minimum absolute atomic E-state index is 0.0954. The molecule has 0 bridgehead atoms. The van der Waals surface area contributed by atoms with Crippen molar-refractivity contribution in [3.63, 3.8) is 0 Å². The van der Waals surface area contributed by atoms with Gasteiger partial charge in [-0.05, 0) is 36.2 Å². The first-order chi connectivity index (χ1) is 13.7. The molecular formula is C23H19N3OS. The summed E-state index contributed by atoms with van der Waals surface area (Å²) in [6.45, 7) is 1.95. The van der Waals surface area contributed by atoms with Crippen LogP contribution in [0.25, 0.3) is 22.8 Å². The van der Waals surface area contributed by atoms with Crippen LogP contribution in [-0.2, 0) is 0 Å². The summed E-state index contributed by atoms with van der Waals surface area (Å²) in [6, 6.07) is 21.4. The fourth-order valence-electron chi connectivity index (χ4n) is 2.98. The molecule has 4 aromatic rings. The van der Waals surface area contributed by atoms with Crippen molar-refractivity contribution in [2.75, 3.05) is 5.75 Å². The molecule has 0 aliphatic rings. The van der Waals surface area contributed by atoms with E-state index in [1.807, 2.05) is 61.5 Å². The van der Waals surface area contributed by atoms with E-state index in [0.29, 0.717) is 27.6 Å². The molecular weight excluding hydrogens is 366 g/mol. The van der Waals surface area contributed by atoms with E-state index in [4.69, 9.17) is 4.98 Å². The lowest BCUT2D eigenvalue weighted by atomic mass is 10.2. The summed E-state index contributed by atoms with van der Waals surface area (Å²) in [6.07, 6.45) is 5.85. The van der Waals surface area contributed by atoms with E-state index in [0.717, 1.165) is 11.1 Å². The van der Waals surface area contributed by atoms with E-state index in [1.54, 1.807) is 10.8 Å². The molecule has 138 valence electrons. The Labute approximate surface area is 167 Å². The van der Waals surface area contributed by atoms with Crippen LogP contribution in [0.2, 0.25) is 0 Å². The lowest BCUT2D eigenvalue weighted by Crippen LogP contribution is -2.23. The smallest absolute Gasteiger partial charge is 0.267 e. The zero-order chi connectivity index (χ0) is 19.3. The zero-order valence-corrected chi connectivity index (χ0v) is 16.3. The highest BCUT2D eigenvalue weighted by Gasteiger charge is 2.15. The van der Waals surface area contributed by atoms with Crippen LogP contribution in [0.5, 0.6) is 0 Å². The molecule has 4 nitrogen and oxygen atoms in total. The molecule has 0 saturated heterocycles. The quantitative estimate of drug-likeness (QED) is 0.362. The van der Waals surface area contributed by atoms with Crippen LogP contribution >= 0.6 is 11.8 Å². The van der Waals surface area contributed by atoms with Gasteiger partial charge in [0.25, 0.3) is 5.56 Å². The highest BCUT2D eigenvalue weighted by molar-refractivity contribution is 7.99. The molecule has 0 radical (unpaired) electrons. The number of rotatable bonds is 5. The van der Waals surface area contributed by atoms with Gasteiger partial charge in [-0.2, -0.15) is 0 Å². The number of benzene rings is 2. The van der Waals surface area contributed by atoms with Crippen molar-refractivity contribution in [2.45, 2.75) is 12.1 Å². The van der Waals surface area contributed by atoms with Crippen molar-refractivity contribution in [3.05, 3.63) is 100 Å². The van der Waals surface area contributed by atoms with Crippen LogP contribution in [0.15, 0.2) is 89.0 Å². The number of fused-ring (bicyclic) bond motifs is 1. The second-order valence-corrected chi connectivity index (χ2v) is 7.31. The Morgan fingerprint density at radius 1 is 1.00 bits per heavy atom. The Balaban J connectivity index is 1.74. The van der Waals surface area contributed by atoms with E-state index in [2.05, 4.69) is 29.3 Å². The molecule has 5 heteroatoms. The largest absolute Gasteiger partial charge is 0.268 e. The average molecular weight is 385 g/mol. The molecule has 28 heavy (non-hydrogen) atoms. The van der Waals surface area contributed by atoms with Crippen LogP contribution in [0.4, 0.5) is 0 Å². The summed E-state index contributed by atoms with van der Waals surface area (Å²) in [5.74, 6) is 1.33. The molecule has 0 spiro atoms. The molecule has 0 saturated carbocycles. The van der Waals surface area contributed by atoms with E-state index in [-0.39, 0.29) is 5.56 Å². The average Bonchev–Trinajstić information content (AvgIpc) is 2.73. The van der Waals surface area contributed by atoms with Gasteiger partial charge in [0.05, 0.1) is 10.9 Å². The Bertz CT molecular complexity index is 1200. The molecule has 2 aromatic heterocycles. The van der Waals surface area contributed by atoms with Gasteiger partial charge in [0.2, 0.25) is 0 Å². The first-order valence-electron chi connectivity index (χ1n) is 9.02. The number of hydrogen-bond donors (Lipinski definition) is 0. The summed E-state index contributed by atoms with van der Waals surface area (Å²) in [4.78, 5) is 22.4. The second kappa shape index (κ2) is 8.23. The number of thioether (sulfide) groups is 1. The maximum atomic E-state index is 13.2. The second-order valence-electron chi connectivity index (χ2n) is 6.32. The van der Waals surface area contributed by atoms with Crippen molar-refractivity contribution >= 4 is 28.7 Å². The number of aromatic nitrogens is 3. The third-order valence-electron chi connectivity index (χ3n) is 4.36. The van der Waals surface area contributed by atoms with Crippen LogP contribution in [0.3, 0.4) is 0 Å². The number of nitrogens with zero attached hydrogens (tertiary/aromatic N) is 3. The minimum atomic E-state index is -0.0954. The van der Waals surface area contributed by atoms with Crippen LogP contribution in [0.1, 0.15) is 11.1 Å². The van der Waals surface area contributed by atoms with Crippen LogP contribution in [0, 0.1) is 6.92 Å². The fraction of sp³-hybridized carbons (Fsp3) is 0.0870. The van der Waals surface area contributed by atoms with Gasteiger partial charge >= 0.3 is 0 Å². The molecule has 2 heterocycles. The number of aryl methyl sites for hydroxylation is 1. The summed E-state index contributed by atoms with van der Waals surface area (Å²) in [7, 11) is 0. The molecule has 2 aromatic carbocycles. The standard InChI is InChI=1S/C23H19N3OS/c1-17-9-7-15-24-21(17)26-22(27)19-13-5-6-14-20(19)25-23(26)28-16-8-12-18-10-3-2-4-11-18/h2-15H,16H2,1H3/b12-8+. The molecule has 0 unspecified atom stereocenters. The minimum Gasteiger partial charge on any atom is -0.268 e. The van der Waals surface area contributed by atoms with Gasteiger partial charge in [-0.1, -0.05) is 72.4 Å². The van der Waals surface area contributed by atoms with E-state index < -0.39 is 0 Å². The van der Waals surface area contributed by atoms with Crippen molar-refractivity contribution in [1.29, 1.82) is 0 Å². The first kappa shape index (κ1) is 18.2. The summed E-state index contributed by atoms with van der Waals surface area (Å²) in [5.41, 5.74) is 2.68. The Morgan fingerprint density at radius 2 is 1.79 bits per heavy atom. The number of pyridine rings is 1.